The van der Waals surface area contributed by atoms with Crippen molar-refractivity contribution in [1.29, 1.82) is 0 Å². The van der Waals surface area contributed by atoms with Crippen molar-refractivity contribution in [2.45, 2.75) is 43.2 Å². The second-order valence-electron chi connectivity index (χ2n) is 8.99. The number of anilines is 1. The lowest BCUT2D eigenvalue weighted by Crippen LogP contribution is -2.45. The second-order valence-corrected chi connectivity index (χ2v) is 11.0. The summed E-state index contributed by atoms with van der Waals surface area (Å²) in [6, 6.07) is 12.0. The van der Waals surface area contributed by atoms with E-state index in [0.717, 1.165) is 29.0 Å². The number of ether oxygens (including phenoxy) is 2. The van der Waals surface area contributed by atoms with E-state index in [-0.39, 0.29) is 22.9 Å². The number of rotatable bonds is 6. The monoisotopic (exact) mass is 496 g/mol. The average molecular weight is 497 g/mol. The molecule has 0 saturated carbocycles. The van der Waals surface area contributed by atoms with Crippen LogP contribution in [0.1, 0.15) is 25.0 Å². The van der Waals surface area contributed by atoms with E-state index in [2.05, 4.69) is 15.3 Å². The fourth-order valence-electron chi connectivity index (χ4n) is 4.57. The molecule has 1 aromatic heterocycles. The number of hydrogen-bond acceptors (Lipinski definition) is 8. The first-order valence-corrected chi connectivity index (χ1v) is 13.6. The van der Waals surface area contributed by atoms with Crippen LogP contribution in [-0.4, -0.2) is 62.4 Å². The molecule has 3 aromatic rings. The number of nitrogens with zero attached hydrogens (tertiary/aromatic N) is 3. The standard InChI is InChI=1S/C25H28N4O5S/c1-16-19-10-9-18(35(2,31)32)14-20(19)28-25(27-16)29-13-5-6-21(29)24(30)26-12-11-17-15-33-22-7-3-4-8-23(22)34-17/h3-4,7-10,14,17,21H,5-6,11-13,15H2,1-2H3,(H,26,30)/t17-,21+/m0/s1. The largest absolute Gasteiger partial charge is 0.486 e. The van der Waals surface area contributed by atoms with E-state index in [0.29, 0.717) is 44.0 Å². The molecule has 3 heterocycles. The molecule has 0 radical (unpaired) electrons. The zero-order chi connectivity index (χ0) is 24.6. The predicted octanol–water partition coefficient (Wildman–Crippen LogP) is 2.66. The van der Waals surface area contributed by atoms with Crippen LogP contribution in [-0.2, 0) is 14.6 Å². The Labute approximate surface area is 204 Å². The lowest BCUT2D eigenvalue weighted by Gasteiger charge is -2.27. The van der Waals surface area contributed by atoms with Crippen LogP contribution in [0, 0.1) is 6.92 Å². The minimum atomic E-state index is -3.36. The molecule has 0 aliphatic carbocycles. The molecule has 2 aromatic carbocycles. The van der Waals surface area contributed by atoms with Gasteiger partial charge in [-0.1, -0.05) is 12.1 Å². The third-order valence-corrected chi connectivity index (χ3v) is 7.53. The lowest BCUT2D eigenvalue weighted by molar-refractivity contribution is -0.122. The van der Waals surface area contributed by atoms with Gasteiger partial charge < -0.3 is 19.7 Å². The molecule has 1 saturated heterocycles. The number of fused-ring (bicyclic) bond motifs is 2. The number of para-hydroxylation sites is 2. The van der Waals surface area contributed by atoms with Crippen LogP contribution in [0.4, 0.5) is 5.95 Å². The van der Waals surface area contributed by atoms with Crippen molar-refractivity contribution in [2.24, 2.45) is 0 Å². The normalized spacial score (nSPS) is 19.7. The summed E-state index contributed by atoms with van der Waals surface area (Å²) in [4.78, 5) is 24.4. The Kier molecular flexibility index (Phi) is 6.22. The predicted molar refractivity (Wildman–Crippen MR) is 132 cm³/mol. The maximum absolute atomic E-state index is 13.0. The van der Waals surface area contributed by atoms with E-state index in [9.17, 15) is 13.2 Å². The van der Waals surface area contributed by atoms with Gasteiger partial charge in [0.15, 0.2) is 21.3 Å². The first-order chi connectivity index (χ1) is 16.8. The quantitative estimate of drug-likeness (QED) is 0.555. The van der Waals surface area contributed by atoms with Crippen LogP contribution in [0.5, 0.6) is 11.5 Å². The third kappa shape index (κ3) is 4.88. The highest BCUT2D eigenvalue weighted by Gasteiger charge is 2.33. The number of benzene rings is 2. The Bertz CT molecular complexity index is 1380. The molecule has 9 nitrogen and oxygen atoms in total. The van der Waals surface area contributed by atoms with Gasteiger partial charge in [-0.2, -0.15) is 0 Å². The molecule has 1 fully saturated rings. The van der Waals surface area contributed by atoms with E-state index in [1.165, 1.54) is 6.26 Å². The van der Waals surface area contributed by atoms with E-state index in [1.807, 2.05) is 36.1 Å². The summed E-state index contributed by atoms with van der Waals surface area (Å²) >= 11 is 0. The Balaban J connectivity index is 1.26. The van der Waals surface area contributed by atoms with Crippen molar-refractivity contribution in [3.05, 3.63) is 48.2 Å². The first kappa shape index (κ1) is 23.3. The third-order valence-electron chi connectivity index (χ3n) is 6.42. The molecule has 2 aliphatic heterocycles. The van der Waals surface area contributed by atoms with Gasteiger partial charge >= 0.3 is 0 Å². The van der Waals surface area contributed by atoms with Gasteiger partial charge in [0.05, 0.1) is 16.1 Å². The summed E-state index contributed by atoms with van der Waals surface area (Å²) in [6.45, 7) is 3.44. The van der Waals surface area contributed by atoms with Crippen molar-refractivity contribution in [3.63, 3.8) is 0 Å². The summed E-state index contributed by atoms with van der Waals surface area (Å²) in [5.41, 5.74) is 1.29. The van der Waals surface area contributed by atoms with E-state index in [1.54, 1.807) is 18.2 Å². The van der Waals surface area contributed by atoms with Crippen molar-refractivity contribution in [2.75, 3.05) is 30.9 Å². The van der Waals surface area contributed by atoms with Crippen LogP contribution in [0.3, 0.4) is 0 Å². The maximum atomic E-state index is 13.0. The molecule has 5 rings (SSSR count). The Hall–Kier alpha value is -3.40. The maximum Gasteiger partial charge on any atom is 0.242 e. The van der Waals surface area contributed by atoms with Crippen molar-refractivity contribution >= 4 is 32.6 Å². The molecule has 0 spiro atoms. The Morgan fingerprint density at radius 3 is 2.77 bits per heavy atom. The molecule has 0 unspecified atom stereocenters. The molecule has 10 heteroatoms. The summed E-state index contributed by atoms with van der Waals surface area (Å²) in [5.74, 6) is 1.83. The van der Waals surface area contributed by atoms with Gasteiger partial charge in [0, 0.05) is 31.2 Å². The Morgan fingerprint density at radius 2 is 1.97 bits per heavy atom. The highest BCUT2D eigenvalue weighted by atomic mass is 32.2. The molecule has 35 heavy (non-hydrogen) atoms. The smallest absolute Gasteiger partial charge is 0.242 e. The van der Waals surface area contributed by atoms with Gasteiger partial charge in [-0.15, -0.1) is 0 Å². The number of aryl methyl sites for hydroxylation is 1. The number of hydrogen-bond donors (Lipinski definition) is 1. The average Bonchev–Trinajstić information content (AvgIpc) is 3.33. The fraction of sp³-hybridized carbons (Fsp3) is 0.400. The highest BCUT2D eigenvalue weighted by molar-refractivity contribution is 7.90. The summed E-state index contributed by atoms with van der Waals surface area (Å²) in [7, 11) is -3.36. The van der Waals surface area contributed by atoms with Crippen molar-refractivity contribution < 1.29 is 22.7 Å². The van der Waals surface area contributed by atoms with Gasteiger partial charge in [0.2, 0.25) is 11.9 Å². The number of amides is 1. The number of nitrogens with one attached hydrogen (secondary N) is 1. The zero-order valence-corrected chi connectivity index (χ0v) is 20.5. The van der Waals surface area contributed by atoms with Crippen molar-refractivity contribution in [3.8, 4) is 11.5 Å². The van der Waals surface area contributed by atoms with Crippen molar-refractivity contribution in [1.82, 2.24) is 15.3 Å². The number of carbonyl (C=O) groups excluding carboxylic acids is 1. The molecular weight excluding hydrogens is 468 g/mol. The van der Waals surface area contributed by atoms with E-state index < -0.39 is 9.84 Å². The van der Waals surface area contributed by atoms with Crippen LogP contribution < -0.4 is 19.7 Å². The topological polar surface area (TPSA) is 111 Å². The first-order valence-electron chi connectivity index (χ1n) is 11.7. The fourth-order valence-corrected chi connectivity index (χ4v) is 5.21. The van der Waals surface area contributed by atoms with Gasteiger partial charge in [-0.3, -0.25) is 4.79 Å². The van der Waals surface area contributed by atoms with Crippen LogP contribution in [0.15, 0.2) is 47.4 Å². The van der Waals surface area contributed by atoms with Gasteiger partial charge in [0.1, 0.15) is 18.8 Å². The molecule has 1 N–H and O–H groups in total. The van der Waals surface area contributed by atoms with Gasteiger partial charge in [-0.25, -0.2) is 18.4 Å². The highest BCUT2D eigenvalue weighted by Crippen LogP contribution is 2.31. The zero-order valence-electron chi connectivity index (χ0n) is 19.7. The molecular formula is C25H28N4O5S. The minimum Gasteiger partial charge on any atom is -0.486 e. The van der Waals surface area contributed by atoms with Crippen LogP contribution >= 0.6 is 0 Å². The molecule has 2 aliphatic rings. The van der Waals surface area contributed by atoms with E-state index in [4.69, 9.17) is 9.47 Å². The van der Waals surface area contributed by atoms with Gasteiger partial charge in [-0.05, 0) is 50.1 Å². The molecule has 184 valence electrons. The second kappa shape index (κ2) is 9.33. The summed E-state index contributed by atoms with van der Waals surface area (Å²) in [6.07, 6.45) is 3.23. The molecule has 0 bridgehead atoms. The number of sulfone groups is 1. The van der Waals surface area contributed by atoms with Crippen LogP contribution in [0.2, 0.25) is 0 Å². The van der Waals surface area contributed by atoms with E-state index >= 15 is 0 Å². The Morgan fingerprint density at radius 1 is 1.17 bits per heavy atom. The SMILES string of the molecule is Cc1nc(N2CCC[C@@H]2C(=O)NCC[C@H]2COc3ccccc3O2)nc2cc(S(C)(=O)=O)ccc12. The van der Waals surface area contributed by atoms with Gasteiger partial charge in [0.25, 0.3) is 0 Å². The molecule has 2 atom stereocenters. The summed E-state index contributed by atoms with van der Waals surface area (Å²) < 4.78 is 35.7. The summed E-state index contributed by atoms with van der Waals surface area (Å²) in [5, 5.41) is 3.81. The number of aromatic nitrogens is 2. The minimum absolute atomic E-state index is 0.0779. The lowest BCUT2D eigenvalue weighted by atomic mass is 10.2. The molecule has 1 amide bonds. The number of carbonyl (C=O) groups is 1. The van der Waals surface area contributed by atoms with Crippen LogP contribution in [0.25, 0.3) is 10.9 Å².